The quantitative estimate of drug-likeness (QED) is 0.578. The second kappa shape index (κ2) is 10.1. The molecule has 0 saturated heterocycles. The maximum Gasteiger partial charge on any atom is 0.220 e. The summed E-state index contributed by atoms with van der Waals surface area (Å²) in [6.45, 7) is 4.48. The number of rotatable bonds is 11. The standard InChI is InChI=1S/C16H26N2O5S/c1-4-23-14-8-6-13(12-15(14)22-3)7-9-16(19)17-10-11-18-24(20,21)5-2/h6,8,12,18H,4-5,7,9-11H2,1-3H3,(H,17,19). The van der Waals surface area contributed by atoms with E-state index in [0.717, 1.165) is 5.56 Å². The van der Waals surface area contributed by atoms with Gasteiger partial charge in [0, 0.05) is 19.5 Å². The number of amides is 1. The molecule has 7 nitrogen and oxygen atoms in total. The number of carbonyl (C=O) groups is 1. The van der Waals surface area contributed by atoms with Crippen molar-refractivity contribution in [3.8, 4) is 11.5 Å². The van der Waals surface area contributed by atoms with E-state index in [1.54, 1.807) is 14.0 Å². The summed E-state index contributed by atoms with van der Waals surface area (Å²) in [4.78, 5) is 11.8. The summed E-state index contributed by atoms with van der Waals surface area (Å²) in [6, 6.07) is 5.58. The third kappa shape index (κ3) is 7.18. The fourth-order valence-corrected chi connectivity index (χ4v) is 2.62. The van der Waals surface area contributed by atoms with Crippen molar-refractivity contribution in [2.24, 2.45) is 0 Å². The van der Waals surface area contributed by atoms with E-state index < -0.39 is 10.0 Å². The van der Waals surface area contributed by atoms with Crippen molar-refractivity contribution in [3.63, 3.8) is 0 Å². The van der Waals surface area contributed by atoms with Gasteiger partial charge in [-0.2, -0.15) is 0 Å². The van der Waals surface area contributed by atoms with E-state index >= 15 is 0 Å². The van der Waals surface area contributed by atoms with Crippen LogP contribution in [0.4, 0.5) is 0 Å². The molecule has 8 heteroatoms. The minimum Gasteiger partial charge on any atom is -0.493 e. The monoisotopic (exact) mass is 358 g/mol. The van der Waals surface area contributed by atoms with Gasteiger partial charge in [-0.05, 0) is 38.0 Å². The van der Waals surface area contributed by atoms with Gasteiger partial charge in [0.25, 0.3) is 0 Å². The van der Waals surface area contributed by atoms with Crippen molar-refractivity contribution in [3.05, 3.63) is 23.8 Å². The number of sulfonamides is 1. The van der Waals surface area contributed by atoms with E-state index in [1.807, 2.05) is 25.1 Å². The minimum absolute atomic E-state index is 0.0283. The number of hydrogen-bond acceptors (Lipinski definition) is 5. The molecule has 1 rings (SSSR count). The molecule has 0 aliphatic heterocycles. The van der Waals surface area contributed by atoms with Gasteiger partial charge in [0.05, 0.1) is 19.5 Å². The number of hydrogen-bond donors (Lipinski definition) is 2. The summed E-state index contributed by atoms with van der Waals surface area (Å²) in [5, 5.41) is 2.69. The topological polar surface area (TPSA) is 93.7 Å². The van der Waals surface area contributed by atoms with E-state index in [2.05, 4.69) is 10.0 Å². The van der Waals surface area contributed by atoms with Crippen LogP contribution in [-0.2, 0) is 21.2 Å². The fraction of sp³-hybridized carbons (Fsp3) is 0.562. The zero-order valence-electron chi connectivity index (χ0n) is 14.4. The van der Waals surface area contributed by atoms with Gasteiger partial charge in [0.15, 0.2) is 11.5 Å². The van der Waals surface area contributed by atoms with Crippen LogP contribution in [0.3, 0.4) is 0 Å². The Morgan fingerprint density at radius 3 is 2.54 bits per heavy atom. The van der Waals surface area contributed by atoms with Crippen LogP contribution in [0.5, 0.6) is 11.5 Å². The number of nitrogens with one attached hydrogen (secondary N) is 2. The second-order valence-corrected chi connectivity index (χ2v) is 7.16. The van der Waals surface area contributed by atoms with Crippen LogP contribution in [0, 0.1) is 0 Å². The molecule has 1 amide bonds. The van der Waals surface area contributed by atoms with E-state index in [1.165, 1.54) is 0 Å². The van der Waals surface area contributed by atoms with E-state index in [0.29, 0.717) is 30.9 Å². The van der Waals surface area contributed by atoms with Gasteiger partial charge < -0.3 is 14.8 Å². The van der Waals surface area contributed by atoms with Gasteiger partial charge in [-0.15, -0.1) is 0 Å². The first-order chi connectivity index (χ1) is 11.4. The van der Waals surface area contributed by atoms with Crippen LogP contribution in [0.15, 0.2) is 18.2 Å². The number of aryl methyl sites for hydroxylation is 1. The Bertz CT molecular complexity index is 631. The third-order valence-corrected chi connectivity index (χ3v) is 4.72. The average molecular weight is 358 g/mol. The van der Waals surface area contributed by atoms with Crippen molar-refractivity contribution < 1.29 is 22.7 Å². The average Bonchev–Trinajstić information content (AvgIpc) is 2.58. The largest absolute Gasteiger partial charge is 0.493 e. The van der Waals surface area contributed by atoms with Gasteiger partial charge in [-0.25, -0.2) is 13.1 Å². The van der Waals surface area contributed by atoms with Gasteiger partial charge in [0.2, 0.25) is 15.9 Å². The number of carbonyl (C=O) groups excluding carboxylic acids is 1. The molecular weight excluding hydrogens is 332 g/mol. The fourth-order valence-electron chi connectivity index (χ4n) is 2.00. The highest BCUT2D eigenvalue weighted by Crippen LogP contribution is 2.28. The van der Waals surface area contributed by atoms with E-state index in [9.17, 15) is 13.2 Å². The first-order valence-corrected chi connectivity index (χ1v) is 9.60. The van der Waals surface area contributed by atoms with Crippen LogP contribution < -0.4 is 19.5 Å². The second-order valence-electron chi connectivity index (χ2n) is 5.07. The molecule has 0 bridgehead atoms. The van der Waals surface area contributed by atoms with Crippen LogP contribution in [-0.4, -0.2) is 46.9 Å². The smallest absolute Gasteiger partial charge is 0.220 e. The lowest BCUT2D eigenvalue weighted by molar-refractivity contribution is -0.121. The molecule has 1 aromatic carbocycles. The van der Waals surface area contributed by atoms with Crippen LogP contribution in [0.1, 0.15) is 25.8 Å². The summed E-state index contributed by atoms with van der Waals surface area (Å²) in [6.07, 6.45) is 0.882. The first kappa shape index (κ1) is 20.2. The van der Waals surface area contributed by atoms with Crippen molar-refractivity contribution in [1.29, 1.82) is 0 Å². The van der Waals surface area contributed by atoms with Crippen molar-refractivity contribution in [1.82, 2.24) is 10.0 Å². The van der Waals surface area contributed by atoms with Crippen molar-refractivity contribution >= 4 is 15.9 Å². The SMILES string of the molecule is CCOc1ccc(CCC(=O)NCCNS(=O)(=O)CC)cc1OC. The Hall–Kier alpha value is -1.80. The maximum atomic E-state index is 11.8. The zero-order valence-corrected chi connectivity index (χ0v) is 15.2. The summed E-state index contributed by atoms with van der Waals surface area (Å²) in [5.74, 6) is 1.22. The molecule has 0 aliphatic carbocycles. The predicted molar refractivity (Wildman–Crippen MR) is 93.0 cm³/mol. The molecule has 0 radical (unpaired) electrons. The zero-order chi connectivity index (χ0) is 18.0. The minimum atomic E-state index is -3.22. The Labute approximate surface area is 143 Å². The lowest BCUT2D eigenvalue weighted by atomic mass is 10.1. The lowest BCUT2D eigenvalue weighted by Crippen LogP contribution is -2.35. The van der Waals surface area contributed by atoms with Crippen molar-refractivity contribution in [2.75, 3.05) is 32.6 Å². The molecule has 0 unspecified atom stereocenters. The Kier molecular flexibility index (Phi) is 8.56. The lowest BCUT2D eigenvalue weighted by Gasteiger charge is -2.11. The molecule has 0 heterocycles. The van der Waals surface area contributed by atoms with E-state index in [-0.39, 0.29) is 24.7 Å². The molecule has 0 aromatic heterocycles. The molecule has 0 fully saturated rings. The van der Waals surface area contributed by atoms with Crippen LogP contribution in [0.2, 0.25) is 0 Å². The number of benzene rings is 1. The van der Waals surface area contributed by atoms with Gasteiger partial charge in [-0.3, -0.25) is 4.79 Å². The summed E-state index contributed by atoms with van der Waals surface area (Å²) < 4.78 is 35.6. The Morgan fingerprint density at radius 2 is 1.92 bits per heavy atom. The predicted octanol–water partition coefficient (Wildman–Crippen LogP) is 1.08. The molecule has 136 valence electrons. The van der Waals surface area contributed by atoms with Gasteiger partial charge in [0.1, 0.15) is 0 Å². The highest BCUT2D eigenvalue weighted by molar-refractivity contribution is 7.89. The number of ether oxygens (including phenoxy) is 2. The highest BCUT2D eigenvalue weighted by atomic mass is 32.2. The van der Waals surface area contributed by atoms with Gasteiger partial charge in [-0.1, -0.05) is 6.07 Å². The Morgan fingerprint density at radius 1 is 1.17 bits per heavy atom. The molecule has 2 N–H and O–H groups in total. The molecule has 24 heavy (non-hydrogen) atoms. The maximum absolute atomic E-state index is 11.8. The summed E-state index contributed by atoms with van der Waals surface area (Å²) >= 11 is 0. The number of methoxy groups -OCH3 is 1. The normalized spacial score (nSPS) is 11.1. The Balaban J connectivity index is 2.39. The third-order valence-electron chi connectivity index (χ3n) is 3.32. The summed E-state index contributed by atoms with van der Waals surface area (Å²) in [7, 11) is -1.64. The molecule has 0 saturated carbocycles. The molecule has 0 atom stereocenters. The molecular formula is C16H26N2O5S. The first-order valence-electron chi connectivity index (χ1n) is 7.95. The van der Waals surface area contributed by atoms with Gasteiger partial charge >= 0.3 is 0 Å². The van der Waals surface area contributed by atoms with E-state index in [4.69, 9.17) is 9.47 Å². The van der Waals surface area contributed by atoms with Crippen molar-refractivity contribution in [2.45, 2.75) is 26.7 Å². The molecule has 0 aliphatic rings. The molecule has 0 spiro atoms. The van der Waals surface area contributed by atoms with Crippen LogP contribution in [0.25, 0.3) is 0 Å². The highest BCUT2D eigenvalue weighted by Gasteiger charge is 2.08. The van der Waals surface area contributed by atoms with Crippen LogP contribution >= 0.6 is 0 Å². The summed E-state index contributed by atoms with van der Waals surface area (Å²) in [5.41, 5.74) is 0.970. The molecule has 1 aromatic rings.